The van der Waals surface area contributed by atoms with Gasteiger partial charge < -0.3 is 14.8 Å². The van der Waals surface area contributed by atoms with E-state index in [1.54, 1.807) is 14.2 Å². The number of carbonyl (C=O) groups is 2. The molecule has 6 heteroatoms. The van der Waals surface area contributed by atoms with Crippen LogP contribution in [0.5, 0.6) is 11.5 Å². The van der Waals surface area contributed by atoms with Gasteiger partial charge >= 0.3 is 6.03 Å². The Morgan fingerprint density at radius 3 is 2.22 bits per heavy atom. The summed E-state index contributed by atoms with van der Waals surface area (Å²) in [5.74, 6) is 1.06. The summed E-state index contributed by atoms with van der Waals surface area (Å²) < 4.78 is 11.5. The normalized spacial score (nSPS) is 18.9. The maximum absolute atomic E-state index is 12.1. The number of imide groups is 1. The zero-order valence-corrected chi connectivity index (χ0v) is 19.8. The third-order valence-electron chi connectivity index (χ3n) is 7.03. The lowest BCUT2D eigenvalue weighted by Crippen LogP contribution is -2.33. The van der Waals surface area contributed by atoms with Gasteiger partial charge in [0.05, 0.1) is 32.9 Å². The van der Waals surface area contributed by atoms with Crippen LogP contribution in [0.4, 0.5) is 4.79 Å². The van der Waals surface area contributed by atoms with Crippen molar-refractivity contribution in [3.63, 3.8) is 0 Å². The Kier molecular flexibility index (Phi) is 5.43. The van der Waals surface area contributed by atoms with Crippen molar-refractivity contribution in [3.05, 3.63) is 47.0 Å². The van der Waals surface area contributed by atoms with E-state index >= 15 is 0 Å². The summed E-state index contributed by atoms with van der Waals surface area (Å²) in [6.45, 7) is 9.39. The fourth-order valence-corrected chi connectivity index (χ4v) is 4.94. The molecule has 4 rings (SSSR count). The third kappa shape index (κ3) is 3.61. The number of fused-ring (bicyclic) bond motifs is 1. The van der Waals surface area contributed by atoms with Crippen molar-refractivity contribution in [1.29, 1.82) is 0 Å². The fraction of sp³-hybridized carbons (Fsp3) is 0.462. The molecule has 0 spiro atoms. The van der Waals surface area contributed by atoms with Crippen LogP contribution in [-0.4, -0.2) is 37.6 Å². The molecule has 1 aliphatic heterocycles. The van der Waals surface area contributed by atoms with E-state index in [1.807, 2.05) is 12.1 Å². The smallest absolute Gasteiger partial charge is 0.324 e. The monoisotopic (exact) mass is 436 g/mol. The SMILES string of the molecule is COc1ccc(CN2C(=O)CNC2=O)c(OC)c1-c1ccc2c(c1)C(C)(C)CCC2(C)C. The summed E-state index contributed by atoms with van der Waals surface area (Å²) in [6.07, 6.45) is 2.28. The quantitative estimate of drug-likeness (QED) is 0.686. The Morgan fingerprint density at radius 2 is 1.62 bits per heavy atom. The van der Waals surface area contributed by atoms with Gasteiger partial charge in [-0.15, -0.1) is 0 Å². The minimum atomic E-state index is -0.382. The molecule has 1 heterocycles. The van der Waals surface area contributed by atoms with Gasteiger partial charge in [-0.05, 0) is 52.5 Å². The van der Waals surface area contributed by atoms with Crippen LogP contribution in [-0.2, 0) is 22.2 Å². The zero-order valence-electron chi connectivity index (χ0n) is 19.8. The van der Waals surface area contributed by atoms with E-state index in [1.165, 1.54) is 16.0 Å². The molecule has 170 valence electrons. The predicted octanol–water partition coefficient (Wildman–Crippen LogP) is 4.77. The van der Waals surface area contributed by atoms with Gasteiger partial charge in [0.1, 0.15) is 11.5 Å². The molecule has 0 bridgehead atoms. The Bertz CT molecular complexity index is 1070. The summed E-state index contributed by atoms with van der Waals surface area (Å²) >= 11 is 0. The first kappa shape index (κ1) is 22.2. The highest BCUT2D eigenvalue weighted by Gasteiger charge is 2.37. The molecule has 6 nitrogen and oxygen atoms in total. The number of nitrogens with zero attached hydrogens (tertiary/aromatic N) is 1. The maximum atomic E-state index is 12.1. The number of carbonyl (C=O) groups excluding carboxylic acids is 2. The number of ether oxygens (including phenoxy) is 2. The van der Waals surface area contributed by atoms with Gasteiger partial charge in [0.15, 0.2) is 0 Å². The number of amides is 3. The summed E-state index contributed by atoms with van der Waals surface area (Å²) in [5, 5.41) is 2.57. The molecule has 0 saturated carbocycles. The van der Waals surface area contributed by atoms with E-state index < -0.39 is 0 Å². The van der Waals surface area contributed by atoms with Crippen LogP contribution in [0.2, 0.25) is 0 Å². The van der Waals surface area contributed by atoms with Crippen LogP contribution in [0.15, 0.2) is 30.3 Å². The number of rotatable bonds is 5. The molecule has 1 aliphatic carbocycles. The van der Waals surface area contributed by atoms with Gasteiger partial charge in [-0.1, -0.05) is 45.9 Å². The highest BCUT2D eigenvalue weighted by atomic mass is 16.5. The van der Waals surface area contributed by atoms with Crippen LogP contribution in [0.3, 0.4) is 0 Å². The average Bonchev–Trinajstić information content (AvgIpc) is 3.08. The summed E-state index contributed by atoms with van der Waals surface area (Å²) in [5.41, 5.74) is 5.51. The minimum Gasteiger partial charge on any atom is -0.496 e. The van der Waals surface area contributed by atoms with Gasteiger partial charge in [0, 0.05) is 5.56 Å². The van der Waals surface area contributed by atoms with E-state index in [-0.39, 0.29) is 35.9 Å². The average molecular weight is 437 g/mol. The first-order valence-corrected chi connectivity index (χ1v) is 11.1. The van der Waals surface area contributed by atoms with Gasteiger partial charge in [-0.25, -0.2) is 4.79 Å². The second kappa shape index (κ2) is 7.84. The van der Waals surface area contributed by atoms with Gasteiger partial charge in [0.25, 0.3) is 0 Å². The van der Waals surface area contributed by atoms with Gasteiger partial charge in [-0.3, -0.25) is 9.69 Å². The van der Waals surface area contributed by atoms with Crippen LogP contribution in [0.25, 0.3) is 11.1 Å². The summed E-state index contributed by atoms with van der Waals surface area (Å²) in [7, 11) is 3.25. The molecule has 1 saturated heterocycles. The zero-order chi connectivity index (χ0) is 23.3. The van der Waals surface area contributed by atoms with E-state index in [4.69, 9.17) is 9.47 Å². The van der Waals surface area contributed by atoms with Gasteiger partial charge in [0.2, 0.25) is 5.91 Å². The lowest BCUT2D eigenvalue weighted by atomic mass is 9.63. The number of hydrogen-bond acceptors (Lipinski definition) is 4. The molecular weight excluding hydrogens is 404 g/mol. The standard InChI is InChI=1S/C26H32N2O4/c1-25(2)11-12-26(3,4)19-13-16(7-9-18(19)25)22-20(31-5)10-8-17(23(22)32-6)15-28-21(29)14-27-24(28)30/h7-10,13H,11-12,14-15H2,1-6H3,(H,27,30). The van der Waals surface area contributed by atoms with Crippen molar-refractivity contribution < 1.29 is 19.1 Å². The lowest BCUT2D eigenvalue weighted by Gasteiger charge is -2.42. The number of hydrogen-bond donors (Lipinski definition) is 1. The number of nitrogens with one attached hydrogen (secondary N) is 1. The van der Waals surface area contributed by atoms with Crippen molar-refractivity contribution in [3.8, 4) is 22.6 Å². The van der Waals surface area contributed by atoms with E-state index in [9.17, 15) is 9.59 Å². The number of methoxy groups -OCH3 is 2. The second-order valence-electron chi connectivity index (χ2n) is 10.0. The van der Waals surface area contributed by atoms with Crippen LogP contribution in [0, 0.1) is 0 Å². The summed E-state index contributed by atoms with van der Waals surface area (Å²) in [4.78, 5) is 25.4. The van der Waals surface area contributed by atoms with Crippen LogP contribution in [0.1, 0.15) is 57.2 Å². The van der Waals surface area contributed by atoms with Crippen molar-refractivity contribution in [1.82, 2.24) is 10.2 Å². The molecular formula is C26H32N2O4. The van der Waals surface area contributed by atoms with Crippen LogP contribution >= 0.6 is 0 Å². The highest BCUT2D eigenvalue weighted by molar-refractivity contribution is 6.02. The molecule has 0 radical (unpaired) electrons. The third-order valence-corrected chi connectivity index (χ3v) is 7.03. The first-order chi connectivity index (χ1) is 15.1. The van der Waals surface area contributed by atoms with Gasteiger partial charge in [-0.2, -0.15) is 0 Å². The minimum absolute atomic E-state index is 0.0276. The predicted molar refractivity (Wildman–Crippen MR) is 124 cm³/mol. The molecule has 3 amide bonds. The van der Waals surface area contributed by atoms with E-state index in [0.29, 0.717) is 11.5 Å². The highest BCUT2D eigenvalue weighted by Crippen LogP contribution is 2.49. The topological polar surface area (TPSA) is 67.9 Å². The molecule has 1 N–H and O–H groups in total. The Hall–Kier alpha value is -3.02. The fourth-order valence-electron chi connectivity index (χ4n) is 4.94. The molecule has 2 aliphatic rings. The maximum Gasteiger partial charge on any atom is 0.324 e. The van der Waals surface area contributed by atoms with Crippen molar-refractivity contribution in [2.24, 2.45) is 0 Å². The second-order valence-corrected chi connectivity index (χ2v) is 10.0. The van der Waals surface area contributed by atoms with Crippen LogP contribution < -0.4 is 14.8 Å². The molecule has 2 aromatic rings. The van der Waals surface area contributed by atoms with Crippen molar-refractivity contribution >= 4 is 11.9 Å². The van der Waals surface area contributed by atoms with Crippen molar-refractivity contribution in [2.45, 2.75) is 57.9 Å². The molecule has 0 atom stereocenters. The van der Waals surface area contributed by atoms with E-state index in [2.05, 4.69) is 51.2 Å². The molecule has 32 heavy (non-hydrogen) atoms. The lowest BCUT2D eigenvalue weighted by molar-refractivity contribution is -0.125. The summed E-state index contributed by atoms with van der Waals surface area (Å²) in [6, 6.07) is 9.96. The van der Waals surface area contributed by atoms with E-state index in [0.717, 1.165) is 29.5 Å². The Labute approximate surface area is 189 Å². The molecule has 1 fully saturated rings. The number of benzene rings is 2. The Balaban J connectivity index is 1.86. The largest absolute Gasteiger partial charge is 0.496 e. The Morgan fingerprint density at radius 1 is 0.938 bits per heavy atom. The molecule has 2 aromatic carbocycles. The van der Waals surface area contributed by atoms with Crippen molar-refractivity contribution in [2.75, 3.05) is 20.8 Å². The first-order valence-electron chi connectivity index (χ1n) is 11.1. The number of urea groups is 1. The molecule has 0 unspecified atom stereocenters. The molecule has 0 aromatic heterocycles.